The molecule has 11 heteroatoms. The second-order valence-electron chi connectivity index (χ2n) is 5.58. The van der Waals surface area contributed by atoms with Crippen molar-refractivity contribution in [2.45, 2.75) is 24.7 Å². The molecule has 0 saturated heterocycles. The van der Waals surface area contributed by atoms with Crippen LogP contribution in [0.25, 0.3) is 0 Å². The molecule has 0 atom stereocenters. The van der Waals surface area contributed by atoms with Crippen molar-refractivity contribution >= 4 is 38.1 Å². The fourth-order valence-corrected chi connectivity index (χ4v) is 4.52. The van der Waals surface area contributed by atoms with E-state index in [1.807, 2.05) is 13.8 Å². The third kappa shape index (κ3) is 3.68. The maximum atomic E-state index is 12.8. The highest BCUT2D eigenvalue weighted by Gasteiger charge is 2.29. The normalized spacial score (nSPS) is 11.4. The van der Waals surface area contributed by atoms with E-state index in [0.717, 1.165) is 21.7 Å². The van der Waals surface area contributed by atoms with Crippen LogP contribution in [0.15, 0.2) is 29.2 Å². The predicted octanol–water partition coefficient (Wildman–Crippen LogP) is 2.79. The monoisotopic (exact) mass is 399 g/mol. The van der Waals surface area contributed by atoms with Crippen LogP contribution in [0.1, 0.15) is 35.1 Å². The number of benzene rings is 1. The lowest BCUT2D eigenvalue weighted by Gasteiger charge is -2.16. The van der Waals surface area contributed by atoms with Crippen molar-refractivity contribution in [3.63, 3.8) is 0 Å². The Kier molecular flexibility index (Phi) is 5.62. The van der Waals surface area contributed by atoms with Gasteiger partial charge in [-0.2, -0.15) is 0 Å². The van der Waals surface area contributed by atoms with Gasteiger partial charge in [-0.15, -0.1) is 0 Å². The number of carbonyl (C=O) groups is 1. The van der Waals surface area contributed by atoms with Crippen LogP contribution >= 0.6 is 11.3 Å². The van der Waals surface area contributed by atoms with Gasteiger partial charge in [0.15, 0.2) is 10.8 Å². The average molecular weight is 399 g/mol. The molecular formula is C15H17N3O6S2. The van der Waals surface area contributed by atoms with Gasteiger partial charge < -0.3 is 4.74 Å². The summed E-state index contributed by atoms with van der Waals surface area (Å²) in [5.41, 5.74) is -0.277. The molecule has 9 nitrogen and oxygen atoms in total. The summed E-state index contributed by atoms with van der Waals surface area (Å²) in [4.78, 5) is 26.6. The number of methoxy groups -OCH3 is 1. The zero-order valence-corrected chi connectivity index (χ0v) is 16.1. The quantitative estimate of drug-likeness (QED) is 0.416. The minimum Gasteiger partial charge on any atom is -0.464 e. The van der Waals surface area contributed by atoms with E-state index in [-0.39, 0.29) is 27.3 Å². The molecule has 140 valence electrons. The van der Waals surface area contributed by atoms with Gasteiger partial charge in [-0.25, -0.2) is 22.5 Å². The van der Waals surface area contributed by atoms with E-state index in [9.17, 15) is 23.3 Å². The summed E-state index contributed by atoms with van der Waals surface area (Å²) >= 11 is 1.05. The van der Waals surface area contributed by atoms with Gasteiger partial charge in [0.2, 0.25) is 0 Å². The molecule has 0 saturated carbocycles. The summed E-state index contributed by atoms with van der Waals surface area (Å²) in [5, 5.41) is 11.0. The van der Waals surface area contributed by atoms with Gasteiger partial charge in [0.25, 0.3) is 15.7 Å². The van der Waals surface area contributed by atoms with Crippen molar-refractivity contribution in [1.82, 2.24) is 4.98 Å². The first-order chi connectivity index (χ1) is 12.1. The molecule has 1 heterocycles. The maximum Gasteiger partial charge on any atom is 0.357 e. The second kappa shape index (κ2) is 7.38. The molecular weight excluding hydrogens is 382 g/mol. The molecule has 0 aliphatic heterocycles. The summed E-state index contributed by atoms with van der Waals surface area (Å²) < 4.78 is 31.2. The molecule has 2 aromatic rings. The molecule has 0 aliphatic rings. The Bertz CT molecular complexity index is 952. The van der Waals surface area contributed by atoms with Gasteiger partial charge in [-0.3, -0.25) is 10.1 Å². The maximum absolute atomic E-state index is 12.8. The molecule has 0 radical (unpaired) electrons. The SMILES string of the molecule is COC(=O)c1nc(N(C)S(=O)(=O)c2cccc([N+](=O)[O-])c2)sc1C(C)C. The van der Waals surface area contributed by atoms with Gasteiger partial charge in [-0.05, 0) is 12.0 Å². The Hall–Kier alpha value is -2.53. The van der Waals surface area contributed by atoms with Crippen LogP contribution in [-0.4, -0.2) is 38.5 Å². The Morgan fingerprint density at radius 1 is 1.38 bits per heavy atom. The minimum absolute atomic E-state index is 0.0589. The molecule has 1 aromatic heterocycles. The number of sulfonamides is 1. The highest BCUT2D eigenvalue weighted by atomic mass is 32.2. The molecule has 0 unspecified atom stereocenters. The van der Waals surface area contributed by atoms with E-state index in [0.29, 0.717) is 4.88 Å². The van der Waals surface area contributed by atoms with Gasteiger partial charge in [0.05, 0.1) is 16.9 Å². The number of ether oxygens (including phenoxy) is 1. The van der Waals surface area contributed by atoms with Crippen molar-refractivity contribution in [1.29, 1.82) is 0 Å². The Labute approximate surface area is 154 Å². The smallest absolute Gasteiger partial charge is 0.357 e. The molecule has 2 rings (SSSR count). The van der Waals surface area contributed by atoms with Crippen LogP contribution in [0.2, 0.25) is 0 Å². The first-order valence-electron chi connectivity index (χ1n) is 7.42. The van der Waals surface area contributed by atoms with Crippen LogP contribution in [0.3, 0.4) is 0 Å². The van der Waals surface area contributed by atoms with Gasteiger partial charge >= 0.3 is 5.97 Å². The van der Waals surface area contributed by atoms with Crippen molar-refractivity contribution in [3.05, 3.63) is 45.0 Å². The largest absolute Gasteiger partial charge is 0.464 e. The number of hydrogen-bond acceptors (Lipinski definition) is 8. The Morgan fingerprint density at radius 3 is 2.58 bits per heavy atom. The summed E-state index contributed by atoms with van der Waals surface area (Å²) in [6.45, 7) is 3.69. The van der Waals surface area contributed by atoms with E-state index in [2.05, 4.69) is 4.98 Å². The van der Waals surface area contributed by atoms with Crippen LogP contribution in [0, 0.1) is 10.1 Å². The van der Waals surface area contributed by atoms with Crippen molar-refractivity contribution in [2.75, 3.05) is 18.5 Å². The van der Waals surface area contributed by atoms with Crippen LogP contribution in [-0.2, 0) is 14.8 Å². The zero-order valence-electron chi connectivity index (χ0n) is 14.5. The second-order valence-corrected chi connectivity index (χ2v) is 8.56. The fraction of sp³-hybridized carbons (Fsp3) is 0.333. The van der Waals surface area contributed by atoms with E-state index in [1.165, 1.54) is 32.4 Å². The number of non-ortho nitro benzene ring substituents is 1. The first-order valence-corrected chi connectivity index (χ1v) is 9.67. The number of rotatable bonds is 6. The lowest BCUT2D eigenvalue weighted by atomic mass is 10.1. The Morgan fingerprint density at radius 2 is 2.04 bits per heavy atom. The fourth-order valence-electron chi connectivity index (χ4n) is 2.11. The predicted molar refractivity (Wildman–Crippen MR) is 96.2 cm³/mol. The number of hydrogen-bond donors (Lipinski definition) is 0. The molecule has 1 aromatic carbocycles. The van der Waals surface area contributed by atoms with Crippen molar-refractivity contribution in [2.24, 2.45) is 0 Å². The first kappa shape index (κ1) is 19.8. The van der Waals surface area contributed by atoms with E-state index >= 15 is 0 Å². The lowest BCUT2D eigenvalue weighted by molar-refractivity contribution is -0.385. The number of anilines is 1. The minimum atomic E-state index is -4.08. The molecule has 0 spiro atoms. The van der Waals surface area contributed by atoms with E-state index in [1.54, 1.807) is 0 Å². The third-order valence-electron chi connectivity index (χ3n) is 3.50. The van der Waals surface area contributed by atoms with Gasteiger partial charge in [0, 0.05) is 24.1 Å². The van der Waals surface area contributed by atoms with Crippen LogP contribution in [0.4, 0.5) is 10.8 Å². The topological polar surface area (TPSA) is 120 Å². The number of aromatic nitrogens is 1. The molecule has 26 heavy (non-hydrogen) atoms. The highest BCUT2D eigenvalue weighted by molar-refractivity contribution is 7.93. The molecule has 0 fully saturated rings. The number of thiazole rings is 1. The van der Waals surface area contributed by atoms with Crippen LogP contribution in [0.5, 0.6) is 0 Å². The van der Waals surface area contributed by atoms with Crippen molar-refractivity contribution in [3.8, 4) is 0 Å². The van der Waals surface area contributed by atoms with E-state index in [4.69, 9.17) is 4.74 Å². The highest BCUT2D eigenvalue weighted by Crippen LogP contribution is 2.34. The number of carbonyl (C=O) groups excluding carboxylic acids is 1. The van der Waals surface area contributed by atoms with Gasteiger partial charge in [0.1, 0.15) is 0 Å². The summed E-state index contributed by atoms with van der Waals surface area (Å²) in [6.07, 6.45) is 0. The average Bonchev–Trinajstić information content (AvgIpc) is 3.05. The third-order valence-corrected chi connectivity index (χ3v) is 6.79. The van der Waals surface area contributed by atoms with Crippen molar-refractivity contribution < 1.29 is 22.9 Å². The molecule has 0 amide bonds. The molecule has 0 bridgehead atoms. The summed E-state index contributed by atoms with van der Waals surface area (Å²) in [5.74, 6) is -0.721. The Balaban J connectivity index is 2.51. The number of esters is 1. The lowest BCUT2D eigenvalue weighted by Crippen LogP contribution is -2.26. The number of nitrogens with zero attached hydrogens (tertiary/aromatic N) is 3. The number of nitro groups is 1. The standard InChI is InChI=1S/C15H17N3O6S2/c1-9(2)13-12(14(19)24-4)16-15(25-13)17(3)26(22,23)11-7-5-6-10(8-11)18(20)21/h5-9H,1-4H3. The van der Waals surface area contributed by atoms with Gasteiger partial charge in [-0.1, -0.05) is 31.3 Å². The number of nitro benzene ring substituents is 1. The zero-order chi connectivity index (χ0) is 19.6. The summed E-state index contributed by atoms with van der Waals surface area (Å²) in [6, 6.07) is 4.73. The summed E-state index contributed by atoms with van der Waals surface area (Å²) in [7, 11) is -1.59. The van der Waals surface area contributed by atoms with E-state index < -0.39 is 20.9 Å². The van der Waals surface area contributed by atoms with Crippen LogP contribution < -0.4 is 4.31 Å². The molecule has 0 N–H and O–H groups in total. The molecule has 0 aliphatic carbocycles.